The van der Waals surface area contributed by atoms with E-state index in [1.807, 2.05) is 55.7 Å². The van der Waals surface area contributed by atoms with Crippen molar-refractivity contribution in [2.45, 2.75) is 46.5 Å². The van der Waals surface area contributed by atoms with Crippen LogP contribution in [0.1, 0.15) is 56.2 Å². The van der Waals surface area contributed by atoms with Crippen molar-refractivity contribution in [2.75, 3.05) is 10.2 Å². The van der Waals surface area contributed by atoms with E-state index in [0.717, 1.165) is 63.8 Å². The first kappa shape index (κ1) is 29.9. The summed E-state index contributed by atoms with van der Waals surface area (Å²) < 4.78 is 2.00. The van der Waals surface area contributed by atoms with E-state index < -0.39 is 17.8 Å². The largest absolute Gasteiger partial charge is 0.335 e. The van der Waals surface area contributed by atoms with Gasteiger partial charge in [0, 0.05) is 27.0 Å². The summed E-state index contributed by atoms with van der Waals surface area (Å²) in [7, 11) is 0. The fraction of sp³-hybridized carbons (Fsp3) is 0.212. The third-order valence-electron chi connectivity index (χ3n) is 7.91. The Balaban J connectivity index is 1.41. The third kappa shape index (κ3) is 5.36. The number of thiophene rings is 1. The predicted molar refractivity (Wildman–Crippen MR) is 174 cm³/mol. The number of nitrogens with zero attached hydrogens (tertiary/aromatic N) is 2. The van der Waals surface area contributed by atoms with Crippen LogP contribution >= 0.6 is 34.5 Å². The molecule has 0 atom stereocenters. The lowest BCUT2D eigenvalue weighted by Crippen LogP contribution is -2.54. The highest BCUT2D eigenvalue weighted by atomic mass is 35.5. The van der Waals surface area contributed by atoms with Crippen LogP contribution < -0.4 is 15.5 Å². The van der Waals surface area contributed by atoms with Crippen molar-refractivity contribution in [3.05, 3.63) is 103 Å². The van der Waals surface area contributed by atoms with E-state index in [1.165, 1.54) is 29.2 Å². The summed E-state index contributed by atoms with van der Waals surface area (Å²) in [4.78, 5) is 55.0. The number of barbiturate groups is 1. The number of aromatic nitrogens is 1. The van der Waals surface area contributed by atoms with Crippen molar-refractivity contribution in [3.63, 3.8) is 0 Å². The number of benzene rings is 2. The highest BCUT2D eigenvalue weighted by molar-refractivity contribution is 7.15. The highest BCUT2D eigenvalue weighted by Crippen LogP contribution is 2.40. The number of nitrogens with one attached hydrogen (secondary N) is 2. The molecule has 44 heavy (non-hydrogen) atoms. The van der Waals surface area contributed by atoms with E-state index in [9.17, 15) is 19.2 Å². The Morgan fingerprint density at radius 2 is 1.70 bits per heavy atom. The van der Waals surface area contributed by atoms with Gasteiger partial charge in [-0.1, -0.05) is 40.9 Å². The fourth-order valence-electron chi connectivity index (χ4n) is 5.71. The van der Waals surface area contributed by atoms with Gasteiger partial charge >= 0.3 is 6.03 Å². The van der Waals surface area contributed by atoms with Gasteiger partial charge in [0.05, 0.1) is 16.3 Å². The normalized spacial score (nSPS) is 15.9. The molecule has 2 aromatic carbocycles. The molecule has 0 unspecified atom stereocenters. The maximum Gasteiger partial charge on any atom is 0.335 e. The van der Waals surface area contributed by atoms with Crippen LogP contribution in [0.15, 0.2) is 54.1 Å². The first-order chi connectivity index (χ1) is 21.0. The van der Waals surface area contributed by atoms with Crippen LogP contribution in [0.25, 0.3) is 11.1 Å². The second-order valence-corrected chi connectivity index (χ2v) is 12.9. The monoisotopic (exact) mass is 646 g/mol. The summed E-state index contributed by atoms with van der Waals surface area (Å²) in [5.74, 6) is -1.79. The lowest BCUT2D eigenvalue weighted by molar-refractivity contribution is -0.122. The molecule has 1 saturated heterocycles. The molecule has 0 spiro atoms. The van der Waals surface area contributed by atoms with Crippen molar-refractivity contribution in [1.82, 2.24) is 9.88 Å². The van der Waals surface area contributed by atoms with Gasteiger partial charge in [-0.3, -0.25) is 19.7 Å². The Kier molecular flexibility index (Phi) is 7.96. The van der Waals surface area contributed by atoms with Crippen LogP contribution in [-0.2, 0) is 22.4 Å². The number of hydrogen-bond acceptors (Lipinski definition) is 5. The standard InChI is InChI=1S/C33H28Cl2N4O4S/c1-17-8-11-22(12-9-17)36-30(41)28-23-6-4-5-7-27(23)44-32(28)38-18(2)14-20(19(38)3)15-24-29(40)37-33(43)39(31(24)42)26-13-10-21(34)16-25(26)35/h8-16H,4-7H2,1-3H3,(H,36,41)(H,37,40,43)/b24-15+. The van der Waals surface area contributed by atoms with E-state index in [0.29, 0.717) is 16.1 Å². The van der Waals surface area contributed by atoms with Crippen molar-refractivity contribution >= 4 is 75.7 Å². The Labute approximate surface area is 268 Å². The first-order valence-corrected chi connectivity index (χ1v) is 15.7. The average molecular weight is 648 g/mol. The van der Waals surface area contributed by atoms with Crippen molar-refractivity contribution < 1.29 is 19.2 Å². The zero-order valence-electron chi connectivity index (χ0n) is 24.2. The molecule has 224 valence electrons. The molecule has 4 aromatic rings. The Hall–Kier alpha value is -4.18. The Morgan fingerprint density at radius 1 is 0.977 bits per heavy atom. The smallest absolute Gasteiger partial charge is 0.322 e. The average Bonchev–Trinajstić information content (AvgIpc) is 3.48. The van der Waals surface area contributed by atoms with Gasteiger partial charge in [0.25, 0.3) is 17.7 Å². The number of rotatable bonds is 5. The topological polar surface area (TPSA) is 101 Å². The molecule has 2 aliphatic rings. The van der Waals surface area contributed by atoms with Crippen molar-refractivity contribution in [2.24, 2.45) is 0 Å². The van der Waals surface area contributed by atoms with Gasteiger partial charge < -0.3 is 9.88 Å². The number of imide groups is 2. The van der Waals surface area contributed by atoms with E-state index in [1.54, 1.807) is 11.3 Å². The van der Waals surface area contributed by atoms with Gasteiger partial charge in [-0.05, 0) is 100 Å². The maximum absolute atomic E-state index is 13.8. The number of urea groups is 1. The minimum Gasteiger partial charge on any atom is -0.322 e. The summed E-state index contributed by atoms with van der Waals surface area (Å²) in [5.41, 5.74) is 5.60. The number of fused-ring (bicyclic) bond motifs is 1. The molecule has 0 saturated carbocycles. The van der Waals surface area contributed by atoms with E-state index in [2.05, 4.69) is 10.6 Å². The molecule has 0 bridgehead atoms. The van der Waals surface area contributed by atoms with Crippen LogP contribution in [0.4, 0.5) is 16.2 Å². The summed E-state index contributed by atoms with van der Waals surface area (Å²) in [6, 6.07) is 13.0. The van der Waals surface area contributed by atoms with Gasteiger partial charge in [-0.2, -0.15) is 0 Å². The zero-order chi connectivity index (χ0) is 31.3. The van der Waals surface area contributed by atoms with Crippen LogP contribution in [0.3, 0.4) is 0 Å². The van der Waals surface area contributed by atoms with Crippen molar-refractivity contribution in [3.8, 4) is 5.00 Å². The van der Waals surface area contributed by atoms with Gasteiger partial charge in [0.15, 0.2) is 0 Å². The third-order valence-corrected chi connectivity index (χ3v) is 9.73. The van der Waals surface area contributed by atoms with Gasteiger partial charge in [0.1, 0.15) is 10.6 Å². The quantitative estimate of drug-likeness (QED) is 0.172. The summed E-state index contributed by atoms with van der Waals surface area (Å²) >= 11 is 13.9. The minimum absolute atomic E-state index is 0.0889. The van der Waals surface area contributed by atoms with Crippen LogP contribution in [0.2, 0.25) is 10.0 Å². The molecule has 1 aliphatic heterocycles. The first-order valence-electron chi connectivity index (χ1n) is 14.1. The van der Waals surface area contributed by atoms with E-state index >= 15 is 0 Å². The highest BCUT2D eigenvalue weighted by Gasteiger charge is 2.38. The number of aryl methyl sites for hydroxylation is 3. The minimum atomic E-state index is -0.903. The van der Waals surface area contributed by atoms with Gasteiger partial charge in [-0.25, -0.2) is 9.69 Å². The second-order valence-electron chi connectivity index (χ2n) is 10.9. The SMILES string of the molecule is Cc1ccc(NC(=O)c2c(-n3c(C)cc(/C=C4\C(=O)NC(=O)N(c5ccc(Cl)cc5Cl)C4=O)c3C)sc3c2CCCC3)cc1. The van der Waals surface area contributed by atoms with Crippen LogP contribution in [0.5, 0.6) is 0 Å². The number of halogens is 2. The van der Waals surface area contributed by atoms with E-state index in [-0.39, 0.29) is 22.2 Å². The molecule has 3 heterocycles. The Bertz CT molecular complexity index is 1910. The zero-order valence-corrected chi connectivity index (χ0v) is 26.5. The lowest BCUT2D eigenvalue weighted by Gasteiger charge is -2.27. The summed E-state index contributed by atoms with van der Waals surface area (Å²) in [6.07, 6.45) is 5.28. The lowest BCUT2D eigenvalue weighted by atomic mass is 9.95. The molecule has 5 amide bonds. The number of amides is 5. The number of carbonyl (C=O) groups excluding carboxylic acids is 4. The number of anilines is 2. The number of carbonyl (C=O) groups is 4. The molecular weight excluding hydrogens is 619 g/mol. The molecule has 2 N–H and O–H groups in total. The Morgan fingerprint density at radius 3 is 2.43 bits per heavy atom. The molecule has 6 rings (SSSR count). The van der Waals surface area contributed by atoms with Gasteiger partial charge in [0.2, 0.25) is 0 Å². The number of hydrogen-bond donors (Lipinski definition) is 2. The predicted octanol–water partition coefficient (Wildman–Crippen LogP) is 7.57. The fourth-order valence-corrected chi connectivity index (χ4v) is 7.70. The van der Waals surface area contributed by atoms with Crippen LogP contribution in [-0.4, -0.2) is 28.3 Å². The summed E-state index contributed by atoms with van der Waals surface area (Å²) in [5, 5.41) is 6.54. The molecule has 1 aliphatic carbocycles. The second kappa shape index (κ2) is 11.7. The van der Waals surface area contributed by atoms with Crippen molar-refractivity contribution in [1.29, 1.82) is 0 Å². The molecule has 1 fully saturated rings. The molecule has 2 aromatic heterocycles. The van der Waals surface area contributed by atoms with E-state index in [4.69, 9.17) is 23.2 Å². The molecular formula is C33H28Cl2N4O4S. The molecule has 11 heteroatoms. The molecule has 0 radical (unpaired) electrons. The van der Waals surface area contributed by atoms with Crippen LogP contribution in [0, 0.1) is 20.8 Å². The maximum atomic E-state index is 13.8. The summed E-state index contributed by atoms with van der Waals surface area (Å²) in [6.45, 7) is 5.79. The molecule has 8 nitrogen and oxygen atoms in total. The van der Waals surface area contributed by atoms with Gasteiger partial charge in [-0.15, -0.1) is 11.3 Å².